The van der Waals surface area contributed by atoms with Gasteiger partial charge in [-0.2, -0.15) is 0 Å². The molecule has 0 unspecified atom stereocenters. The van der Waals surface area contributed by atoms with Crippen LogP contribution in [0.5, 0.6) is 0 Å². The molecule has 1 amide bonds. The molecule has 3 aromatic rings. The number of nitrogens with zero attached hydrogens (tertiary/aromatic N) is 1. The van der Waals surface area contributed by atoms with Crippen LogP contribution in [0.25, 0.3) is 0 Å². The van der Waals surface area contributed by atoms with Crippen LogP contribution in [-0.4, -0.2) is 10.9 Å². The standard InChI is InChI=1S/C23H21ClN2OS/c24-19-6-4-18(5-7-19)23(12-2-13-23)22(27)26-20-8-10-21(11-9-20)28-16-17-3-1-14-25-15-17/h1,3-11,14-15H,2,12-13,16H2,(H,26,27). The number of anilines is 1. The van der Waals surface area contributed by atoms with Crippen LogP contribution in [-0.2, 0) is 16.0 Å². The Morgan fingerprint density at radius 1 is 1.07 bits per heavy atom. The fourth-order valence-corrected chi connectivity index (χ4v) is 4.44. The zero-order valence-electron chi connectivity index (χ0n) is 15.4. The molecule has 5 heteroatoms. The number of halogens is 1. The minimum absolute atomic E-state index is 0.0665. The van der Waals surface area contributed by atoms with E-state index < -0.39 is 5.41 Å². The molecule has 0 radical (unpaired) electrons. The molecular weight excluding hydrogens is 388 g/mol. The maximum atomic E-state index is 13.0. The average molecular weight is 409 g/mol. The SMILES string of the molecule is O=C(Nc1ccc(SCc2cccnc2)cc1)C1(c2ccc(Cl)cc2)CCC1. The van der Waals surface area contributed by atoms with Crippen LogP contribution in [0.2, 0.25) is 5.02 Å². The van der Waals surface area contributed by atoms with E-state index in [0.717, 1.165) is 41.2 Å². The molecule has 0 spiro atoms. The summed E-state index contributed by atoms with van der Waals surface area (Å²) in [6.07, 6.45) is 6.49. The molecular formula is C23H21ClN2OS. The van der Waals surface area contributed by atoms with Gasteiger partial charge >= 0.3 is 0 Å². The molecule has 0 aliphatic heterocycles. The van der Waals surface area contributed by atoms with Crippen molar-refractivity contribution in [1.29, 1.82) is 0 Å². The highest BCUT2D eigenvalue weighted by molar-refractivity contribution is 7.98. The van der Waals surface area contributed by atoms with Crippen LogP contribution in [0.3, 0.4) is 0 Å². The summed E-state index contributed by atoms with van der Waals surface area (Å²) in [5, 5.41) is 3.80. The third-order valence-corrected chi connectivity index (χ3v) is 6.61. The largest absolute Gasteiger partial charge is 0.325 e. The fraction of sp³-hybridized carbons (Fsp3) is 0.217. The predicted molar refractivity (Wildman–Crippen MR) is 116 cm³/mol. The van der Waals surface area contributed by atoms with Crippen LogP contribution in [0.15, 0.2) is 78.0 Å². The first-order chi connectivity index (χ1) is 13.7. The summed E-state index contributed by atoms with van der Waals surface area (Å²) in [6, 6.07) is 19.7. The van der Waals surface area contributed by atoms with Crippen molar-refractivity contribution in [2.75, 3.05) is 5.32 Å². The molecule has 1 saturated carbocycles. The Kier molecular flexibility index (Phi) is 5.69. The number of nitrogens with one attached hydrogen (secondary N) is 1. The van der Waals surface area contributed by atoms with Crippen molar-refractivity contribution in [3.8, 4) is 0 Å². The van der Waals surface area contributed by atoms with E-state index in [-0.39, 0.29) is 5.91 Å². The molecule has 0 bridgehead atoms. The lowest BCUT2D eigenvalue weighted by atomic mass is 9.64. The van der Waals surface area contributed by atoms with Gasteiger partial charge in [-0.3, -0.25) is 9.78 Å². The van der Waals surface area contributed by atoms with E-state index in [1.54, 1.807) is 18.0 Å². The first-order valence-electron chi connectivity index (χ1n) is 9.35. The summed E-state index contributed by atoms with van der Waals surface area (Å²) in [5.41, 5.74) is 2.64. The quantitative estimate of drug-likeness (QED) is 0.502. The Bertz CT molecular complexity index is 939. The van der Waals surface area contributed by atoms with Gasteiger partial charge in [-0.25, -0.2) is 0 Å². The number of thioether (sulfide) groups is 1. The van der Waals surface area contributed by atoms with E-state index in [1.807, 2.05) is 60.8 Å². The fourth-order valence-electron chi connectivity index (χ4n) is 3.48. The molecule has 4 rings (SSSR count). The summed E-state index contributed by atoms with van der Waals surface area (Å²) in [5.74, 6) is 0.941. The number of carbonyl (C=O) groups is 1. The van der Waals surface area contributed by atoms with Crippen LogP contribution in [0, 0.1) is 0 Å². The van der Waals surface area contributed by atoms with Crippen molar-refractivity contribution in [2.45, 2.75) is 35.3 Å². The van der Waals surface area contributed by atoms with Gasteiger partial charge in [0.05, 0.1) is 5.41 Å². The van der Waals surface area contributed by atoms with Crippen molar-refractivity contribution in [3.63, 3.8) is 0 Å². The van der Waals surface area contributed by atoms with Gasteiger partial charge in [-0.1, -0.05) is 36.2 Å². The van der Waals surface area contributed by atoms with Crippen LogP contribution in [0.1, 0.15) is 30.4 Å². The Morgan fingerprint density at radius 3 is 2.43 bits per heavy atom. The Balaban J connectivity index is 1.41. The Hall–Kier alpha value is -2.30. The van der Waals surface area contributed by atoms with Crippen molar-refractivity contribution < 1.29 is 4.79 Å². The maximum Gasteiger partial charge on any atom is 0.235 e. The number of amides is 1. The number of hydrogen-bond acceptors (Lipinski definition) is 3. The molecule has 28 heavy (non-hydrogen) atoms. The van der Waals surface area contributed by atoms with E-state index in [9.17, 15) is 4.79 Å². The molecule has 1 aliphatic carbocycles. The van der Waals surface area contributed by atoms with Crippen molar-refractivity contribution in [2.24, 2.45) is 0 Å². The topological polar surface area (TPSA) is 42.0 Å². The van der Waals surface area contributed by atoms with Crippen LogP contribution < -0.4 is 5.32 Å². The monoisotopic (exact) mass is 408 g/mol. The van der Waals surface area contributed by atoms with Gasteiger partial charge < -0.3 is 5.32 Å². The smallest absolute Gasteiger partial charge is 0.235 e. The summed E-state index contributed by atoms with van der Waals surface area (Å²) in [7, 11) is 0. The van der Waals surface area contributed by atoms with Gasteiger partial charge in [0, 0.05) is 33.8 Å². The van der Waals surface area contributed by atoms with Gasteiger partial charge in [-0.15, -0.1) is 11.8 Å². The third kappa shape index (κ3) is 4.08. The second-order valence-electron chi connectivity index (χ2n) is 7.07. The Labute approximate surface area is 174 Å². The number of hydrogen-bond donors (Lipinski definition) is 1. The van der Waals surface area contributed by atoms with E-state index >= 15 is 0 Å². The second kappa shape index (κ2) is 8.38. The third-order valence-electron chi connectivity index (χ3n) is 5.28. The highest BCUT2D eigenvalue weighted by atomic mass is 35.5. The van der Waals surface area contributed by atoms with Crippen LogP contribution >= 0.6 is 23.4 Å². The lowest BCUT2D eigenvalue weighted by Gasteiger charge is -2.40. The average Bonchev–Trinajstić information content (AvgIpc) is 2.69. The normalized spacial score (nSPS) is 14.9. The van der Waals surface area contributed by atoms with Crippen molar-refractivity contribution in [3.05, 3.63) is 89.2 Å². The number of benzene rings is 2. The molecule has 0 saturated heterocycles. The van der Waals surface area contributed by atoms with E-state index in [0.29, 0.717) is 5.02 Å². The zero-order valence-corrected chi connectivity index (χ0v) is 17.0. The molecule has 1 aromatic heterocycles. The number of aromatic nitrogens is 1. The summed E-state index contributed by atoms with van der Waals surface area (Å²) >= 11 is 7.76. The predicted octanol–water partition coefficient (Wildman–Crippen LogP) is 6.09. The molecule has 2 aromatic carbocycles. The number of rotatable bonds is 6. The first-order valence-corrected chi connectivity index (χ1v) is 10.7. The molecule has 142 valence electrons. The van der Waals surface area contributed by atoms with E-state index in [2.05, 4.69) is 16.4 Å². The van der Waals surface area contributed by atoms with Crippen molar-refractivity contribution >= 4 is 35.0 Å². The first kappa shape index (κ1) is 19.0. The highest BCUT2D eigenvalue weighted by Gasteiger charge is 2.45. The van der Waals surface area contributed by atoms with Crippen LogP contribution in [0.4, 0.5) is 5.69 Å². The molecule has 1 fully saturated rings. The molecule has 0 atom stereocenters. The van der Waals surface area contributed by atoms with E-state index in [4.69, 9.17) is 11.6 Å². The summed E-state index contributed by atoms with van der Waals surface area (Å²) < 4.78 is 0. The van der Waals surface area contributed by atoms with E-state index in [1.165, 1.54) is 5.56 Å². The molecule has 1 heterocycles. The highest BCUT2D eigenvalue weighted by Crippen LogP contribution is 2.45. The minimum atomic E-state index is -0.432. The zero-order chi connectivity index (χ0) is 19.4. The van der Waals surface area contributed by atoms with Gasteiger partial charge in [0.2, 0.25) is 5.91 Å². The summed E-state index contributed by atoms with van der Waals surface area (Å²) in [6.45, 7) is 0. The van der Waals surface area contributed by atoms with Gasteiger partial charge in [0.1, 0.15) is 0 Å². The lowest BCUT2D eigenvalue weighted by Crippen LogP contribution is -2.45. The summed E-state index contributed by atoms with van der Waals surface area (Å²) in [4.78, 5) is 18.3. The van der Waals surface area contributed by atoms with Gasteiger partial charge in [-0.05, 0) is 66.4 Å². The maximum absolute atomic E-state index is 13.0. The second-order valence-corrected chi connectivity index (χ2v) is 8.56. The van der Waals surface area contributed by atoms with Gasteiger partial charge in [0.15, 0.2) is 0 Å². The Morgan fingerprint density at radius 2 is 1.82 bits per heavy atom. The van der Waals surface area contributed by atoms with Crippen molar-refractivity contribution in [1.82, 2.24) is 4.98 Å². The lowest BCUT2D eigenvalue weighted by molar-refractivity contribution is -0.124. The number of pyridine rings is 1. The molecule has 3 nitrogen and oxygen atoms in total. The number of carbonyl (C=O) groups excluding carboxylic acids is 1. The molecule has 1 N–H and O–H groups in total. The minimum Gasteiger partial charge on any atom is -0.325 e. The van der Waals surface area contributed by atoms with Gasteiger partial charge in [0.25, 0.3) is 0 Å². The molecule has 1 aliphatic rings.